The molecule has 1 aromatic rings. The third kappa shape index (κ3) is 7.58. The van der Waals surface area contributed by atoms with E-state index in [2.05, 4.69) is 59.5 Å². The van der Waals surface area contributed by atoms with Gasteiger partial charge in [0.05, 0.1) is 0 Å². The second-order valence-electron chi connectivity index (χ2n) is 7.94. The summed E-state index contributed by atoms with van der Waals surface area (Å²) >= 11 is 0. The highest BCUT2D eigenvalue weighted by Gasteiger charge is 2.17. The average Bonchev–Trinajstić information content (AvgIpc) is 3.18. The quantitative estimate of drug-likeness (QED) is 0.470. The molecular weight excluding hydrogens is 380 g/mol. The molecule has 31 heavy (non-hydrogen) atoms. The molecule has 0 saturated carbocycles. The first kappa shape index (κ1) is 24.2. The van der Waals surface area contributed by atoms with Crippen molar-refractivity contribution in [1.29, 1.82) is 0 Å². The van der Waals surface area contributed by atoms with Crippen molar-refractivity contribution in [2.24, 2.45) is 22.4 Å². The molecule has 1 heterocycles. The molecule has 1 aliphatic rings. The van der Waals surface area contributed by atoms with E-state index in [9.17, 15) is 0 Å². The lowest BCUT2D eigenvalue weighted by Gasteiger charge is -2.14. The van der Waals surface area contributed by atoms with Gasteiger partial charge in [-0.25, -0.2) is 0 Å². The molecule has 1 aliphatic heterocycles. The first-order valence-electron chi connectivity index (χ1n) is 10.7. The highest BCUT2D eigenvalue weighted by atomic mass is 15.1. The zero-order chi connectivity index (χ0) is 22.6. The SMILES string of the molecule is C\N=C/C(=C(\C=C\C1CCN(C)C1)C(/C=C\N)=C\C=C\c1ccccc1)C(/C)=C(\C)N. The summed E-state index contributed by atoms with van der Waals surface area (Å²) in [5.41, 5.74) is 18.0. The van der Waals surface area contributed by atoms with E-state index in [-0.39, 0.29) is 0 Å². The van der Waals surface area contributed by atoms with Gasteiger partial charge >= 0.3 is 0 Å². The maximum atomic E-state index is 6.17. The van der Waals surface area contributed by atoms with Gasteiger partial charge in [-0.1, -0.05) is 60.7 Å². The number of likely N-dealkylation sites (tertiary alicyclic amines) is 1. The van der Waals surface area contributed by atoms with Gasteiger partial charge in [0.25, 0.3) is 0 Å². The zero-order valence-electron chi connectivity index (χ0n) is 19.3. The van der Waals surface area contributed by atoms with E-state index in [0.29, 0.717) is 5.92 Å². The molecule has 0 aliphatic carbocycles. The van der Waals surface area contributed by atoms with Crippen LogP contribution in [0.3, 0.4) is 0 Å². The van der Waals surface area contributed by atoms with Crippen LogP contribution in [-0.2, 0) is 0 Å². The molecule has 0 bridgehead atoms. The van der Waals surface area contributed by atoms with Crippen LogP contribution in [0.1, 0.15) is 25.8 Å². The highest BCUT2D eigenvalue weighted by molar-refractivity contribution is 5.88. The molecule has 1 unspecified atom stereocenters. The number of rotatable bonds is 8. The van der Waals surface area contributed by atoms with Gasteiger partial charge in [-0.15, -0.1) is 0 Å². The van der Waals surface area contributed by atoms with Crippen molar-refractivity contribution in [3.8, 4) is 0 Å². The van der Waals surface area contributed by atoms with Crippen LogP contribution in [0.4, 0.5) is 0 Å². The fraction of sp³-hybridized carbons (Fsp3) is 0.296. The van der Waals surface area contributed by atoms with Crippen LogP contribution in [0.5, 0.6) is 0 Å². The molecule has 0 amide bonds. The molecule has 1 aromatic carbocycles. The molecule has 0 spiro atoms. The summed E-state index contributed by atoms with van der Waals surface area (Å²) in [7, 11) is 3.95. The summed E-state index contributed by atoms with van der Waals surface area (Å²) in [6, 6.07) is 10.2. The first-order valence-corrected chi connectivity index (χ1v) is 10.7. The lowest BCUT2D eigenvalue weighted by molar-refractivity contribution is 0.408. The Balaban J connectivity index is 2.56. The van der Waals surface area contributed by atoms with Crippen LogP contribution in [-0.4, -0.2) is 38.3 Å². The average molecular weight is 417 g/mol. The van der Waals surface area contributed by atoms with E-state index in [0.717, 1.165) is 46.6 Å². The van der Waals surface area contributed by atoms with Gasteiger partial charge in [-0.05, 0) is 74.3 Å². The third-order valence-electron chi connectivity index (χ3n) is 5.46. The van der Waals surface area contributed by atoms with E-state index >= 15 is 0 Å². The van der Waals surface area contributed by atoms with Gasteiger partial charge < -0.3 is 16.4 Å². The number of hydrogen-bond acceptors (Lipinski definition) is 4. The molecule has 164 valence electrons. The number of allylic oxidation sites excluding steroid dienone is 9. The molecule has 0 radical (unpaired) electrons. The van der Waals surface area contributed by atoms with Crippen LogP contribution in [0.2, 0.25) is 0 Å². The van der Waals surface area contributed by atoms with Crippen LogP contribution < -0.4 is 11.5 Å². The van der Waals surface area contributed by atoms with Crippen molar-refractivity contribution in [2.75, 3.05) is 27.2 Å². The van der Waals surface area contributed by atoms with Gasteiger partial charge in [0.15, 0.2) is 0 Å². The second-order valence-corrected chi connectivity index (χ2v) is 7.94. The van der Waals surface area contributed by atoms with Crippen LogP contribution in [0.15, 0.2) is 99.9 Å². The summed E-state index contributed by atoms with van der Waals surface area (Å²) in [6.45, 7) is 6.16. The Labute approximate surface area is 187 Å². The monoisotopic (exact) mass is 416 g/mol. The topological polar surface area (TPSA) is 67.6 Å². The van der Waals surface area contributed by atoms with Gasteiger partial charge in [-0.3, -0.25) is 4.99 Å². The summed E-state index contributed by atoms with van der Waals surface area (Å²) in [6.07, 6.45) is 17.3. The Hall–Kier alpha value is -3.11. The van der Waals surface area contributed by atoms with Crippen molar-refractivity contribution < 1.29 is 0 Å². The zero-order valence-corrected chi connectivity index (χ0v) is 19.3. The van der Waals surface area contributed by atoms with Crippen molar-refractivity contribution >= 4 is 12.3 Å². The standard InChI is InChI=1S/C27H36N4/c1-21(22(2)29)27(19-30-3)26(14-13-24-16-18-31(4)20-24)25(15-17-28)12-8-11-23-9-6-5-7-10-23/h5-15,17,19,24H,16,18,20,28-29H2,1-4H3/b11-8+,14-13+,17-15-,22-21+,25-12-,27-26-,30-19-. The van der Waals surface area contributed by atoms with Crippen LogP contribution >= 0.6 is 0 Å². The third-order valence-corrected chi connectivity index (χ3v) is 5.46. The first-order chi connectivity index (χ1) is 15.0. The molecule has 1 atom stereocenters. The second kappa shape index (κ2) is 12.6. The molecule has 4 nitrogen and oxygen atoms in total. The summed E-state index contributed by atoms with van der Waals surface area (Å²) in [5.74, 6) is 0.533. The predicted molar refractivity (Wildman–Crippen MR) is 136 cm³/mol. The van der Waals surface area contributed by atoms with E-state index in [1.807, 2.05) is 44.3 Å². The largest absolute Gasteiger partial charge is 0.405 e. The summed E-state index contributed by atoms with van der Waals surface area (Å²) < 4.78 is 0. The fourth-order valence-corrected chi connectivity index (χ4v) is 3.58. The van der Waals surface area contributed by atoms with Crippen LogP contribution in [0.25, 0.3) is 6.08 Å². The lowest BCUT2D eigenvalue weighted by atomic mass is 9.92. The number of nitrogens with zero attached hydrogens (tertiary/aromatic N) is 2. The van der Waals surface area contributed by atoms with Crippen molar-refractivity contribution in [3.05, 3.63) is 100 Å². The van der Waals surface area contributed by atoms with Gasteiger partial charge in [-0.2, -0.15) is 0 Å². The van der Waals surface area contributed by atoms with Gasteiger partial charge in [0, 0.05) is 31.1 Å². The van der Waals surface area contributed by atoms with E-state index in [1.165, 1.54) is 6.42 Å². The number of benzene rings is 1. The minimum absolute atomic E-state index is 0.533. The number of nitrogens with two attached hydrogens (primary N) is 2. The molecular formula is C27H36N4. The molecule has 4 heteroatoms. The van der Waals surface area contributed by atoms with E-state index in [1.54, 1.807) is 13.2 Å². The number of aliphatic imine (C=N–C) groups is 1. The minimum atomic E-state index is 0.533. The Morgan fingerprint density at radius 3 is 2.45 bits per heavy atom. The molecule has 4 N–H and O–H groups in total. The summed E-state index contributed by atoms with van der Waals surface area (Å²) in [5, 5.41) is 0. The maximum absolute atomic E-state index is 6.17. The maximum Gasteiger partial charge on any atom is 0.0290 e. The Morgan fingerprint density at radius 1 is 1.13 bits per heavy atom. The minimum Gasteiger partial charge on any atom is -0.405 e. The van der Waals surface area contributed by atoms with E-state index < -0.39 is 0 Å². The molecule has 0 aromatic heterocycles. The predicted octanol–water partition coefficient (Wildman–Crippen LogP) is 4.86. The van der Waals surface area contributed by atoms with Gasteiger partial charge in [0.1, 0.15) is 0 Å². The molecule has 2 rings (SSSR count). The summed E-state index contributed by atoms with van der Waals surface area (Å²) in [4.78, 5) is 6.67. The number of hydrogen-bond donors (Lipinski definition) is 2. The van der Waals surface area contributed by atoms with Gasteiger partial charge in [0.2, 0.25) is 0 Å². The Bertz CT molecular complexity index is 923. The van der Waals surface area contributed by atoms with Crippen molar-refractivity contribution in [1.82, 2.24) is 4.90 Å². The molecule has 1 fully saturated rings. The van der Waals surface area contributed by atoms with E-state index in [4.69, 9.17) is 11.5 Å². The lowest BCUT2D eigenvalue weighted by Crippen LogP contribution is -2.13. The van der Waals surface area contributed by atoms with Crippen molar-refractivity contribution in [3.63, 3.8) is 0 Å². The van der Waals surface area contributed by atoms with Crippen molar-refractivity contribution in [2.45, 2.75) is 20.3 Å². The van der Waals surface area contributed by atoms with Crippen LogP contribution in [0, 0.1) is 5.92 Å². The fourth-order valence-electron chi connectivity index (χ4n) is 3.58. The Kier molecular flexibility index (Phi) is 9.79. The highest BCUT2D eigenvalue weighted by Crippen LogP contribution is 2.26. The molecule has 1 saturated heterocycles. The Morgan fingerprint density at radius 2 is 1.87 bits per heavy atom. The smallest absolute Gasteiger partial charge is 0.0290 e. The normalized spacial score (nSPS) is 20.4.